The number of hydrogen-bond acceptors (Lipinski definition) is 4. The van der Waals surface area contributed by atoms with Crippen molar-refractivity contribution in [3.8, 4) is 5.75 Å². The second kappa shape index (κ2) is 6.52. The predicted octanol–water partition coefficient (Wildman–Crippen LogP) is 3.88. The van der Waals surface area contributed by atoms with Crippen molar-refractivity contribution in [1.29, 1.82) is 0 Å². The molecule has 0 radical (unpaired) electrons. The molecule has 0 amide bonds. The summed E-state index contributed by atoms with van der Waals surface area (Å²) >= 11 is 3.33. The highest BCUT2D eigenvalue weighted by atomic mass is 79.9. The van der Waals surface area contributed by atoms with Gasteiger partial charge in [0.15, 0.2) is 5.69 Å². The normalized spacial score (nSPS) is 10.4. The summed E-state index contributed by atoms with van der Waals surface area (Å²) in [6.45, 7) is 4.02. The van der Waals surface area contributed by atoms with E-state index in [0.29, 0.717) is 11.6 Å². The molecule has 0 unspecified atom stereocenters. The zero-order valence-corrected chi connectivity index (χ0v) is 12.8. The van der Waals surface area contributed by atoms with Crippen molar-refractivity contribution in [2.24, 2.45) is 0 Å². The molecule has 0 atom stereocenters. The fourth-order valence-corrected chi connectivity index (χ4v) is 1.85. The number of hydrogen-bond donors (Lipinski definition) is 1. The first-order valence-electron chi connectivity index (χ1n) is 6.26. The Morgan fingerprint density at radius 3 is 2.55 bits per heavy atom. The van der Waals surface area contributed by atoms with E-state index in [2.05, 4.69) is 26.2 Å². The van der Waals surface area contributed by atoms with Gasteiger partial charge in [-0.15, -0.1) is 0 Å². The second-order valence-electron chi connectivity index (χ2n) is 4.55. The lowest BCUT2D eigenvalue weighted by Crippen LogP contribution is -2.15. The lowest BCUT2D eigenvalue weighted by Gasteiger charge is -2.10. The molecule has 20 heavy (non-hydrogen) atoms. The van der Waals surface area contributed by atoms with Crippen LogP contribution in [0.15, 0.2) is 46.9 Å². The lowest BCUT2D eigenvalue weighted by molar-refractivity contribution is 0.0728. The highest BCUT2D eigenvalue weighted by Crippen LogP contribution is 2.17. The van der Waals surface area contributed by atoms with Crippen LogP contribution in [0.4, 0.5) is 5.82 Å². The zero-order valence-electron chi connectivity index (χ0n) is 11.3. The maximum absolute atomic E-state index is 12.0. The van der Waals surface area contributed by atoms with Crippen molar-refractivity contribution in [3.63, 3.8) is 0 Å². The van der Waals surface area contributed by atoms with Crippen molar-refractivity contribution in [1.82, 2.24) is 4.98 Å². The Kier molecular flexibility index (Phi) is 4.74. The van der Waals surface area contributed by atoms with Crippen LogP contribution in [0.1, 0.15) is 24.3 Å². The van der Waals surface area contributed by atoms with Crippen LogP contribution in [0, 0.1) is 0 Å². The van der Waals surface area contributed by atoms with Crippen LogP contribution in [0.25, 0.3) is 0 Å². The molecule has 0 saturated heterocycles. The van der Waals surface area contributed by atoms with Gasteiger partial charge in [-0.3, -0.25) is 0 Å². The molecule has 0 aliphatic rings. The highest BCUT2D eigenvalue weighted by molar-refractivity contribution is 9.10. The van der Waals surface area contributed by atoms with Crippen LogP contribution in [0.3, 0.4) is 0 Å². The molecule has 5 heteroatoms. The zero-order chi connectivity index (χ0) is 14.5. The van der Waals surface area contributed by atoms with E-state index in [-0.39, 0.29) is 11.7 Å². The highest BCUT2D eigenvalue weighted by Gasteiger charge is 2.11. The van der Waals surface area contributed by atoms with Gasteiger partial charge in [-0.2, -0.15) is 0 Å². The maximum atomic E-state index is 12.0. The monoisotopic (exact) mass is 334 g/mol. The third kappa shape index (κ3) is 4.06. The van der Waals surface area contributed by atoms with Crippen LogP contribution in [-0.4, -0.2) is 17.0 Å². The number of pyridine rings is 1. The first-order valence-corrected chi connectivity index (χ1v) is 7.05. The van der Waals surface area contributed by atoms with E-state index in [4.69, 9.17) is 4.74 Å². The first kappa shape index (κ1) is 14.5. The van der Waals surface area contributed by atoms with E-state index in [1.165, 1.54) is 0 Å². The number of anilines is 1. The van der Waals surface area contributed by atoms with Gasteiger partial charge in [0.2, 0.25) is 0 Å². The summed E-state index contributed by atoms with van der Waals surface area (Å²) in [5, 5.41) is 3.15. The van der Waals surface area contributed by atoms with Crippen LogP contribution < -0.4 is 10.1 Å². The Labute approximate surface area is 126 Å². The first-order chi connectivity index (χ1) is 9.54. The standard InChI is InChI=1S/C15H15BrN2O2/c1-10(2)17-14-5-3-4-13(18-14)15(19)20-12-8-6-11(16)7-9-12/h3-10H,1-2H3,(H,17,18). The van der Waals surface area contributed by atoms with E-state index in [1.54, 1.807) is 24.3 Å². The van der Waals surface area contributed by atoms with Gasteiger partial charge >= 0.3 is 5.97 Å². The summed E-state index contributed by atoms with van der Waals surface area (Å²) in [4.78, 5) is 16.2. The summed E-state index contributed by atoms with van der Waals surface area (Å²) < 4.78 is 6.19. The quantitative estimate of drug-likeness (QED) is 0.680. The molecular weight excluding hydrogens is 320 g/mol. The molecule has 1 N–H and O–H groups in total. The van der Waals surface area contributed by atoms with Crippen LogP contribution in [0.2, 0.25) is 0 Å². The Morgan fingerprint density at radius 2 is 1.90 bits per heavy atom. The average molecular weight is 335 g/mol. The number of nitrogens with one attached hydrogen (secondary N) is 1. The largest absolute Gasteiger partial charge is 0.422 e. The number of rotatable bonds is 4. The molecule has 0 fully saturated rings. The van der Waals surface area contributed by atoms with Gasteiger partial charge in [0, 0.05) is 10.5 Å². The number of esters is 1. The Balaban J connectivity index is 2.10. The fraction of sp³-hybridized carbons (Fsp3) is 0.200. The van der Waals surface area contributed by atoms with E-state index in [9.17, 15) is 4.79 Å². The number of nitrogens with zero attached hydrogens (tertiary/aromatic N) is 1. The minimum Gasteiger partial charge on any atom is -0.422 e. The van der Waals surface area contributed by atoms with Gasteiger partial charge in [0.05, 0.1) is 0 Å². The SMILES string of the molecule is CC(C)Nc1cccc(C(=O)Oc2ccc(Br)cc2)n1. The minimum absolute atomic E-state index is 0.250. The number of ether oxygens (including phenoxy) is 1. The van der Waals surface area contributed by atoms with Crippen molar-refractivity contribution in [2.75, 3.05) is 5.32 Å². The van der Waals surface area contributed by atoms with Crippen LogP contribution in [-0.2, 0) is 0 Å². The van der Waals surface area contributed by atoms with Crippen molar-refractivity contribution in [2.45, 2.75) is 19.9 Å². The molecule has 1 aromatic heterocycles. The summed E-state index contributed by atoms with van der Waals surface area (Å²) in [5.74, 6) is 0.673. The number of carbonyl (C=O) groups excluding carboxylic acids is 1. The van der Waals surface area contributed by atoms with E-state index in [1.807, 2.05) is 32.0 Å². The molecule has 1 heterocycles. The summed E-state index contributed by atoms with van der Waals surface area (Å²) in [7, 11) is 0. The predicted molar refractivity (Wildman–Crippen MR) is 82.1 cm³/mol. The van der Waals surface area contributed by atoms with E-state index in [0.717, 1.165) is 4.47 Å². The van der Waals surface area contributed by atoms with Gasteiger partial charge in [0.1, 0.15) is 11.6 Å². The molecule has 0 spiro atoms. The van der Waals surface area contributed by atoms with E-state index >= 15 is 0 Å². The molecule has 0 aliphatic heterocycles. The van der Waals surface area contributed by atoms with Crippen molar-refractivity contribution >= 4 is 27.7 Å². The maximum Gasteiger partial charge on any atom is 0.362 e. The molecular formula is C15H15BrN2O2. The summed E-state index contributed by atoms with van der Waals surface area (Å²) in [5.41, 5.74) is 0.276. The van der Waals surface area contributed by atoms with Crippen molar-refractivity contribution < 1.29 is 9.53 Å². The minimum atomic E-state index is -0.472. The number of halogens is 1. The van der Waals surface area contributed by atoms with Crippen LogP contribution >= 0.6 is 15.9 Å². The smallest absolute Gasteiger partial charge is 0.362 e. The molecule has 0 aliphatic carbocycles. The molecule has 104 valence electrons. The lowest BCUT2D eigenvalue weighted by atomic mass is 10.3. The Morgan fingerprint density at radius 1 is 1.20 bits per heavy atom. The Hall–Kier alpha value is -1.88. The molecule has 4 nitrogen and oxygen atoms in total. The number of benzene rings is 1. The third-order valence-electron chi connectivity index (χ3n) is 2.42. The average Bonchev–Trinajstić information content (AvgIpc) is 2.41. The third-order valence-corrected chi connectivity index (χ3v) is 2.95. The van der Waals surface area contributed by atoms with Gasteiger partial charge in [-0.25, -0.2) is 9.78 Å². The van der Waals surface area contributed by atoms with Crippen LogP contribution in [0.5, 0.6) is 5.75 Å². The van der Waals surface area contributed by atoms with Gasteiger partial charge in [-0.05, 0) is 50.2 Å². The van der Waals surface area contributed by atoms with Gasteiger partial charge in [0.25, 0.3) is 0 Å². The second-order valence-corrected chi connectivity index (χ2v) is 5.47. The fourth-order valence-electron chi connectivity index (χ4n) is 1.59. The topological polar surface area (TPSA) is 51.2 Å². The van der Waals surface area contributed by atoms with Gasteiger partial charge in [-0.1, -0.05) is 22.0 Å². The molecule has 1 aromatic carbocycles. The van der Waals surface area contributed by atoms with E-state index < -0.39 is 5.97 Å². The molecule has 2 rings (SSSR count). The summed E-state index contributed by atoms with van der Waals surface area (Å²) in [6.07, 6.45) is 0. The Bertz CT molecular complexity index is 597. The van der Waals surface area contributed by atoms with Gasteiger partial charge < -0.3 is 10.1 Å². The number of carbonyl (C=O) groups is 1. The molecule has 0 bridgehead atoms. The van der Waals surface area contributed by atoms with Crippen molar-refractivity contribution in [3.05, 3.63) is 52.6 Å². The molecule has 0 saturated carbocycles. The summed E-state index contributed by atoms with van der Waals surface area (Å²) in [6, 6.07) is 12.5. The molecule has 2 aromatic rings. The number of aromatic nitrogens is 1.